The van der Waals surface area contributed by atoms with Gasteiger partial charge in [0.1, 0.15) is 6.04 Å². The standard InChI is InChI=1S/C19H27N3O4/c1-12(2)9-16(18(24)25)21-19(26)20-15-10-17(23)22(11-15)13(3)14-7-5-4-6-8-14/h4-8,12-13,15-16H,9-11H2,1-3H3,(H,24,25)(H2,20,21,26). The number of benzene rings is 1. The second kappa shape index (κ2) is 8.69. The minimum Gasteiger partial charge on any atom is -0.480 e. The fourth-order valence-corrected chi connectivity index (χ4v) is 3.19. The largest absolute Gasteiger partial charge is 0.480 e. The van der Waals surface area contributed by atoms with Crippen LogP contribution in [-0.2, 0) is 9.59 Å². The first-order valence-electron chi connectivity index (χ1n) is 8.92. The normalized spacial score (nSPS) is 19.3. The number of likely N-dealkylation sites (tertiary alicyclic amines) is 1. The van der Waals surface area contributed by atoms with Crippen LogP contribution < -0.4 is 10.6 Å². The van der Waals surface area contributed by atoms with Crippen LogP contribution in [0, 0.1) is 5.92 Å². The summed E-state index contributed by atoms with van der Waals surface area (Å²) >= 11 is 0. The SMILES string of the molecule is CC(C)CC(NC(=O)NC1CC(=O)N(C(C)c2ccccc2)C1)C(=O)O. The summed E-state index contributed by atoms with van der Waals surface area (Å²) in [6.07, 6.45) is 0.566. The molecule has 0 aromatic heterocycles. The number of carboxylic acids is 1. The highest BCUT2D eigenvalue weighted by atomic mass is 16.4. The summed E-state index contributed by atoms with van der Waals surface area (Å²) in [7, 11) is 0. The van der Waals surface area contributed by atoms with Gasteiger partial charge in [-0.3, -0.25) is 4.79 Å². The molecule has 7 nitrogen and oxygen atoms in total. The Morgan fingerprint density at radius 1 is 1.23 bits per heavy atom. The maximum Gasteiger partial charge on any atom is 0.326 e. The highest BCUT2D eigenvalue weighted by molar-refractivity contribution is 5.84. The zero-order valence-electron chi connectivity index (χ0n) is 15.4. The van der Waals surface area contributed by atoms with Gasteiger partial charge in [-0.15, -0.1) is 0 Å². The minimum absolute atomic E-state index is 0.0244. The van der Waals surface area contributed by atoms with Crippen LogP contribution in [0.5, 0.6) is 0 Å². The smallest absolute Gasteiger partial charge is 0.326 e. The van der Waals surface area contributed by atoms with Crippen LogP contribution in [0.4, 0.5) is 4.79 Å². The molecule has 2 rings (SSSR count). The molecule has 0 spiro atoms. The first kappa shape index (κ1) is 19.8. The van der Waals surface area contributed by atoms with Gasteiger partial charge in [-0.2, -0.15) is 0 Å². The molecule has 3 N–H and O–H groups in total. The predicted octanol–water partition coefficient (Wildman–Crippen LogP) is 2.15. The van der Waals surface area contributed by atoms with Crippen molar-refractivity contribution in [2.45, 2.75) is 51.7 Å². The Labute approximate surface area is 153 Å². The molecule has 0 bridgehead atoms. The lowest BCUT2D eigenvalue weighted by Gasteiger charge is -2.25. The second-order valence-electron chi connectivity index (χ2n) is 7.17. The third-order valence-corrected chi connectivity index (χ3v) is 4.55. The van der Waals surface area contributed by atoms with Crippen molar-refractivity contribution < 1.29 is 19.5 Å². The molecule has 1 aliphatic heterocycles. The number of hydrogen-bond acceptors (Lipinski definition) is 3. The van der Waals surface area contributed by atoms with Crippen molar-refractivity contribution in [3.05, 3.63) is 35.9 Å². The van der Waals surface area contributed by atoms with Crippen LogP contribution >= 0.6 is 0 Å². The second-order valence-corrected chi connectivity index (χ2v) is 7.17. The number of hydrogen-bond donors (Lipinski definition) is 3. The first-order valence-corrected chi connectivity index (χ1v) is 8.92. The molecule has 3 unspecified atom stereocenters. The average Bonchev–Trinajstić information content (AvgIpc) is 2.94. The quantitative estimate of drug-likeness (QED) is 0.693. The molecule has 3 atom stereocenters. The minimum atomic E-state index is -1.06. The highest BCUT2D eigenvalue weighted by Gasteiger charge is 2.34. The number of rotatable bonds is 7. The first-order chi connectivity index (χ1) is 12.3. The third kappa shape index (κ3) is 5.21. The number of carboxylic acid groups (broad SMARTS) is 1. The summed E-state index contributed by atoms with van der Waals surface area (Å²) in [5.41, 5.74) is 1.04. The van der Waals surface area contributed by atoms with Crippen molar-refractivity contribution in [3.63, 3.8) is 0 Å². The van der Waals surface area contributed by atoms with E-state index < -0.39 is 18.0 Å². The topological polar surface area (TPSA) is 98.7 Å². The number of nitrogens with zero attached hydrogens (tertiary/aromatic N) is 1. The van der Waals surface area contributed by atoms with Gasteiger partial charge in [-0.1, -0.05) is 44.2 Å². The third-order valence-electron chi connectivity index (χ3n) is 4.55. The van der Waals surface area contributed by atoms with Gasteiger partial charge in [0.2, 0.25) is 5.91 Å². The Morgan fingerprint density at radius 2 is 1.88 bits per heavy atom. The van der Waals surface area contributed by atoms with E-state index in [-0.39, 0.29) is 30.3 Å². The number of carbonyl (C=O) groups excluding carboxylic acids is 2. The molecule has 1 fully saturated rings. The molecular weight excluding hydrogens is 334 g/mol. The van der Waals surface area contributed by atoms with Crippen molar-refractivity contribution >= 4 is 17.9 Å². The van der Waals surface area contributed by atoms with Gasteiger partial charge >= 0.3 is 12.0 Å². The zero-order chi connectivity index (χ0) is 19.3. The van der Waals surface area contributed by atoms with Gasteiger partial charge < -0.3 is 20.6 Å². The average molecular weight is 361 g/mol. The Kier molecular flexibility index (Phi) is 6.60. The molecule has 1 aliphatic rings. The Balaban J connectivity index is 1.92. The fraction of sp³-hybridized carbons (Fsp3) is 0.526. The lowest BCUT2D eigenvalue weighted by Crippen LogP contribution is -2.50. The van der Waals surface area contributed by atoms with E-state index in [2.05, 4.69) is 10.6 Å². The van der Waals surface area contributed by atoms with Crippen LogP contribution in [0.15, 0.2) is 30.3 Å². The molecule has 7 heteroatoms. The van der Waals surface area contributed by atoms with E-state index in [1.165, 1.54) is 0 Å². The number of urea groups is 1. The fourth-order valence-electron chi connectivity index (χ4n) is 3.19. The monoisotopic (exact) mass is 361 g/mol. The zero-order valence-corrected chi connectivity index (χ0v) is 15.4. The van der Waals surface area contributed by atoms with Crippen molar-refractivity contribution in [1.29, 1.82) is 0 Å². The van der Waals surface area contributed by atoms with E-state index in [1.807, 2.05) is 51.1 Å². The van der Waals surface area contributed by atoms with E-state index in [4.69, 9.17) is 0 Å². The van der Waals surface area contributed by atoms with Crippen LogP contribution in [0.1, 0.15) is 45.2 Å². The van der Waals surface area contributed by atoms with E-state index in [0.717, 1.165) is 5.56 Å². The Hall–Kier alpha value is -2.57. The molecule has 0 aliphatic carbocycles. The molecule has 1 aromatic rings. The molecular formula is C19H27N3O4. The lowest BCUT2D eigenvalue weighted by atomic mass is 10.0. The number of carbonyl (C=O) groups is 3. The van der Waals surface area contributed by atoms with E-state index in [9.17, 15) is 19.5 Å². The summed E-state index contributed by atoms with van der Waals surface area (Å²) in [5, 5.41) is 14.4. The summed E-state index contributed by atoms with van der Waals surface area (Å²) in [5.74, 6) is -0.939. The van der Waals surface area contributed by atoms with Crippen LogP contribution in [0.3, 0.4) is 0 Å². The summed E-state index contributed by atoms with van der Waals surface area (Å²) in [4.78, 5) is 37.4. The van der Waals surface area contributed by atoms with Crippen molar-refractivity contribution in [3.8, 4) is 0 Å². The number of amides is 3. The van der Waals surface area contributed by atoms with Gasteiger partial charge in [0, 0.05) is 13.0 Å². The molecule has 3 amide bonds. The predicted molar refractivity (Wildman–Crippen MR) is 97.5 cm³/mol. The molecule has 26 heavy (non-hydrogen) atoms. The lowest BCUT2D eigenvalue weighted by molar-refractivity contribution is -0.139. The van der Waals surface area contributed by atoms with Gasteiger partial charge in [0.05, 0.1) is 12.1 Å². The molecule has 142 valence electrons. The van der Waals surface area contributed by atoms with Crippen molar-refractivity contribution in [2.24, 2.45) is 5.92 Å². The maximum atomic E-state index is 12.3. The molecule has 0 radical (unpaired) electrons. The van der Waals surface area contributed by atoms with Gasteiger partial charge in [-0.05, 0) is 24.8 Å². The highest BCUT2D eigenvalue weighted by Crippen LogP contribution is 2.25. The molecule has 0 saturated carbocycles. The van der Waals surface area contributed by atoms with E-state index >= 15 is 0 Å². The van der Waals surface area contributed by atoms with Gasteiger partial charge in [0.15, 0.2) is 0 Å². The summed E-state index contributed by atoms with van der Waals surface area (Å²) < 4.78 is 0. The Bertz CT molecular complexity index is 647. The summed E-state index contributed by atoms with van der Waals surface area (Å²) in [6, 6.07) is 7.81. The number of nitrogens with one attached hydrogen (secondary N) is 2. The molecule has 1 aromatic carbocycles. The molecule has 1 heterocycles. The van der Waals surface area contributed by atoms with Gasteiger partial charge in [0.25, 0.3) is 0 Å². The van der Waals surface area contributed by atoms with Crippen molar-refractivity contribution in [2.75, 3.05) is 6.54 Å². The van der Waals surface area contributed by atoms with Gasteiger partial charge in [-0.25, -0.2) is 9.59 Å². The number of aliphatic carboxylic acids is 1. The van der Waals surface area contributed by atoms with Crippen LogP contribution in [0.25, 0.3) is 0 Å². The summed E-state index contributed by atoms with van der Waals surface area (Å²) in [6.45, 7) is 6.16. The molecule has 1 saturated heterocycles. The van der Waals surface area contributed by atoms with Crippen LogP contribution in [-0.4, -0.2) is 46.5 Å². The Morgan fingerprint density at radius 3 is 2.46 bits per heavy atom. The van der Waals surface area contributed by atoms with Crippen molar-refractivity contribution in [1.82, 2.24) is 15.5 Å². The van der Waals surface area contributed by atoms with E-state index in [1.54, 1.807) is 4.90 Å². The maximum absolute atomic E-state index is 12.3. The van der Waals surface area contributed by atoms with E-state index in [0.29, 0.717) is 13.0 Å². The van der Waals surface area contributed by atoms with Crippen LogP contribution in [0.2, 0.25) is 0 Å².